The van der Waals surface area contributed by atoms with Gasteiger partial charge >= 0.3 is 0 Å². The van der Waals surface area contributed by atoms with Crippen LogP contribution in [0.5, 0.6) is 5.75 Å². The van der Waals surface area contributed by atoms with Gasteiger partial charge in [-0.05, 0) is 42.3 Å². The second kappa shape index (κ2) is 5.63. The van der Waals surface area contributed by atoms with Gasteiger partial charge in [-0.1, -0.05) is 26.0 Å². The maximum Gasteiger partial charge on any atom is 0.124 e. The van der Waals surface area contributed by atoms with Crippen molar-refractivity contribution in [3.8, 4) is 16.3 Å². The lowest BCUT2D eigenvalue weighted by atomic mass is 10.2. The molecule has 3 heteroatoms. The van der Waals surface area contributed by atoms with Gasteiger partial charge in [-0.15, -0.1) is 11.3 Å². The summed E-state index contributed by atoms with van der Waals surface area (Å²) in [6.45, 7) is 5.05. The molecule has 0 saturated carbocycles. The Labute approximate surface area is 123 Å². The summed E-state index contributed by atoms with van der Waals surface area (Å²) in [5, 5.41) is 1.06. The van der Waals surface area contributed by atoms with Crippen LogP contribution in [0.4, 0.5) is 0 Å². The van der Waals surface area contributed by atoms with E-state index in [0.29, 0.717) is 5.92 Å². The van der Waals surface area contributed by atoms with Crippen LogP contribution in [-0.2, 0) is 0 Å². The van der Waals surface area contributed by atoms with Crippen LogP contribution in [0, 0.1) is 5.92 Å². The highest BCUT2D eigenvalue weighted by Gasteiger charge is 2.06. The lowest BCUT2D eigenvalue weighted by molar-refractivity contribution is 0.271. The third kappa shape index (κ3) is 2.83. The molecule has 0 radical (unpaired) electrons. The van der Waals surface area contributed by atoms with Crippen molar-refractivity contribution in [2.24, 2.45) is 5.92 Å². The fraction of sp³-hybridized carbons (Fsp3) is 0.235. The minimum Gasteiger partial charge on any atom is -0.493 e. The number of fused-ring (bicyclic) bond motifs is 1. The first-order valence-electron chi connectivity index (χ1n) is 6.81. The van der Waals surface area contributed by atoms with Gasteiger partial charge in [0.2, 0.25) is 0 Å². The van der Waals surface area contributed by atoms with Gasteiger partial charge in [0.05, 0.1) is 16.8 Å². The normalized spacial score (nSPS) is 11.2. The summed E-state index contributed by atoms with van der Waals surface area (Å²) in [5.41, 5.74) is 2.20. The molecule has 0 fully saturated rings. The standard InChI is InChI=1S/C17H17NOS/c1-12(2)11-19-14-9-7-13(8-10-14)17-18-15-5-3-4-6-16(15)20-17/h3-10,12H,11H2,1-2H3. The summed E-state index contributed by atoms with van der Waals surface area (Å²) in [5.74, 6) is 1.46. The van der Waals surface area contributed by atoms with Crippen molar-refractivity contribution in [2.45, 2.75) is 13.8 Å². The number of para-hydroxylation sites is 1. The van der Waals surface area contributed by atoms with Crippen LogP contribution in [0.15, 0.2) is 48.5 Å². The minimum absolute atomic E-state index is 0.541. The van der Waals surface area contributed by atoms with Crippen molar-refractivity contribution in [3.05, 3.63) is 48.5 Å². The Kier molecular flexibility index (Phi) is 3.70. The molecule has 0 saturated heterocycles. The van der Waals surface area contributed by atoms with Crippen LogP contribution >= 0.6 is 11.3 Å². The van der Waals surface area contributed by atoms with Crippen LogP contribution in [0.3, 0.4) is 0 Å². The van der Waals surface area contributed by atoms with Crippen molar-refractivity contribution < 1.29 is 4.74 Å². The predicted octanol–water partition coefficient (Wildman–Crippen LogP) is 5.00. The maximum absolute atomic E-state index is 5.70. The highest BCUT2D eigenvalue weighted by atomic mass is 32.1. The number of aromatic nitrogens is 1. The lowest BCUT2D eigenvalue weighted by Crippen LogP contribution is -2.04. The molecule has 102 valence electrons. The first-order valence-corrected chi connectivity index (χ1v) is 7.63. The summed E-state index contributed by atoms with van der Waals surface area (Å²) in [4.78, 5) is 4.66. The van der Waals surface area contributed by atoms with Gasteiger partial charge in [-0.3, -0.25) is 0 Å². The fourth-order valence-corrected chi connectivity index (χ4v) is 2.92. The van der Waals surface area contributed by atoms with Crippen molar-refractivity contribution in [1.82, 2.24) is 4.98 Å². The predicted molar refractivity (Wildman–Crippen MR) is 85.4 cm³/mol. The molecule has 0 spiro atoms. The van der Waals surface area contributed by atoms with E-state index in [2.05, 4.69) is 43.1 Å². The highest BCUT2D eigenvalue weighted by Crippen LogP contribution is 2.30. The van der Waals surface area contributed by atoms with E-state index in [-0.39, 0.29) is 0 Å². The Morgan fingerprint density at radius 1 is 1.05 bits per heavy atom. The number of benzene rings is 2. The van der Waals surface area contributed by atoms with E-state index in [0.717, 1.165) is 28.4 Å². The van der Waals surface area contributed by atoms with Gasteiger partial charge in [0.15, 0.2) is 0 Å². The molecule has 0 unspecified atom stereocenters. The molecule has 0 aliphatic rings. The number of hydrogen-bond acceptors (Lipinski definition) is 3. The molecule has 0 N–H and O–H groups in total. The van der Waals surface area contributed by atoms with Crippen LogP contribution in [-0.4, -0.2) is 11.6 Å². The maximum atomic E-state index is 5.70. The Balaban J connectivity index is 1.83. The largest absolute Gasteiger partial charge is 0.493 e. The van der Waals surface area contributed by atoms with Crippen LogP contribution in [0.1, 0.15) is 13.8 Å². The second-order valence-electron chi connectivity index (χ2n) is 5.22. The summed E-state index contributed by atoms with van der Waals surface area (Å²) in [6, 6.07) is 16.4. The third-order valence-corrected chi connectivity index (χ3v) is 4.06. The molecule has 1 aromatic heterocycles. The quantitative estimate of drug-likeness (QED) is 0.672. The smallest absolute Gasteiger partial charge is 0.124 e. The summed E-state index contributed by atoms with van der Waals surface area (Å²) in [7, 11) is 0. The highest BCUT2D eigenvalue weighted by molar-refractivity contribution is 7.21. The summed E-state index contributed by atoms with van der Waals surface area (Å²) in [6.07, 6.45) is 0. The van der Waals surface area contributed by atoms with Gasteiger partial charge in [-0.25, -0.2) is 4.98 Å². The zero-order chi connectivity index (χ0) is 13.9. The van der Waals surface area contributed by atoms with E-state index >= 15 is 0 Å². The SMILES string of the molecule is CC(C)COc1ccc(-c2nc3ccccc3s2)cc1. The molecule has 1 heterocycles. The lowest BCUT2D eigenvalue weighted by Gasteiger charge is -2.08. The van der Waals surface area contributed by atoms with Crippen molar-refractivity contribution in [1.29, 1.82) is 0 Å². The van der Waals surface area contributed by atoms with Crippen LogP contribution in [0.2, 0.25) is 0 Å². The van der Waals surface area contributed by atoms with E-state index in [4.69, 9.17) is 4.74 Å². The first-order chi connectivity index (χ1) is 9.72. The topological polar surface area (TPSA) is 22.1 Å². The molecule has 3 aromatic rings. The number of nitrogens with zero attached hydrogens (tertiary/aromatic N) is 1. The molecular weight excluding hydrogens is 266 g/mol. The third-order valence-electron chi connectivity index (χ3n) is 2.98. The molecular formula is C17H17NOS. The zero-order valence-electron chi connectivity index (χ0n) is 11.7. The van der Waals surface area contributed by atoms with E-state index in [1.54, 1.807) is 11.3 Å². The number of rotatable bonds is 4. The van der Waals surface area contributed by atoms with Gasteiger partial charge in [0.25, 0.3) is 0 Å². The average Bonchev–Trinajstić information content (AvgIpc) is 2.89. The van der Waals surface area contributed by atoms with E-state index in [1.165, 1.54) is 4.70 Å². The van der Waals surface area contributed by atoms with E-state index < -0.39 is 0 Å². The molecule has 0 amide bonds. The number of hydrogen-bond donors (Lipinski definition) is 0. The summed E-state index contributed by atoms with van der Waals surface area (Å²) < 4.78 is 6.92. The zero-order valence-corrected chi connectivity index (χ0v) is 12.5. The van der Waals surface area contributed by atoms with Crippen LogP contribution < -0.4 is 4.74 Å². The monoisotopic (exact) mass is 283 g/mol. The van der Waals surface area contributed by atoms with Gasteiger partial charge in [-0.2, -0.15) is 0 Å². The minimum atomic E-state index is 0.541. The van der Waals surface area contributed by atoms with E-state index in [1.807, 2.05) is 24.3 Å². The second-order valence-corrected chi connectivity index (χ2v) is 6.25. The van der Waals surface area contributed by atoms with Gasteiger partial charge in [0.1, 0.15) is 10.8 Å². The van der Waals surface area contributed by atoms with Gasteiger partial charge in [0, 0.05) is 5.56 Å². The van der Waals surface area contributed by atoms with Crippen molar-refractivity contribution >= 4 is 21.6 Å². The summed E-state index contributed by atoms with van der Waals surface area (Å²) >= 11 is 1.72. The van der Waals surface area contributed by atoms with Crippen molar-refractivity contribution in [3.63, 3.8) is 0 Å². The molecule has 0 aliphatic carbocycles. The first kappa shape index (κ1) is 13.1. The van der Waals surface area contributed by atoms with Crippen LogP contribution in [0.25, 0.3) is 20.8 Å². The Bertz CT molecular complexity index is 667. The molecule has 2 aromatic carbocycles. The van der Waals surface area contributed by atoms with Crippen molar-refractivity contribution in [2.75, 3.05) is 6.61 Å². The molecule has 3 rings (SSSR count). The molecule has 0 aliphatic heterocycles. The Morgan fingerprint density at radius 3 is 2.50 bits per heavy atom. The van der Waals surface area contributed by atoms with E-state index in [9.17, 15) is 0 Å². The molecule has 0 atom stereocenters. The van der Waals surface area contributed by atoms with Gasteiger partial charge < -0.3 is 4.74 Å². The molecule has 2 nitrogen and oxygen atoms in total. The average molecular weight is 283 g/mol. The number of ether oxygens (including phenoxy) is 1. The Morgan fingerprint density at radius 2 is 1.80 bits per heavy atom. The number of thiazole rings is 1. The Hall–Kier alpha value is -1.87. The fourth-order valence-electron chi connectivity index (χ4n) is 1.95. The molecule has 0 bridgehead atoms. The molecule has 20 heavy (non-hydrogen) atoms.